The van der Waals surface area contributed by atoms with Crippen LogP contribution in [0.4, 0.5) is 8.78 Å². The number of ether oxygens (including phenoxy) is 2. The molecule has 1 heterocycles. The quantitative estimate of drug-likeness (QED) is 0.384. The van der Waals surface area contributed by atoms with Gasteiger partial charge in [-0.1, -0.05) is 0 Å². The van der Waals surface area contributed by atoms with Gasteiger partial charge in [-0.05, 0) is 68.6 Å². The van der Waals surface area contributed by atoms with E-state index in [1.54, 1.807) is 0 Å². The second-order valence-electron chi connectivity index (χ2n) is 11.7. The fourth-order valence-corrected chi connectivity index (χ4v) is 9.19. The lowest BCUT2D eigenvalue weighted by Gasteiger charge is -2.56. The average molecular weight is 502 g/mol. The topological polar surface area (TPSA) is 127 Å². The minimum atomic E-state index is -6.00. The molecule has 1 saturated heterocycles. The van der Waals surface area contributed by atoms with Gasteiger partial charge in [0.15, 0.2) is 16.7 Å². The van der Waals surface area contributed by atoms with E-state index in [2.05, 4.69) is 4.74 Å². The van der Waals surface area contributed by atoms with Gasteiger partial charge in [0, 0.05) is 23.7 Å². The van der Waals surface area contributed by atoms with Crippen LogP contribution in [-0.4, -0.2) is 48.7 Å². The van der Waals surface area contributed by atoms with Crippen LogP contribution in [0.3, 0.4) is 0 Å². The molecule has 0 aromatic carbocycles. The van der Waals surface area contributed by atoms with Gasteiger partial charge in [0.1, 0.15) is 11.9 Å². The molecule has 6 bridgehead atoms. The third-order valence-corrected chi connectivity index (χ3v) is 10.7. The van der Waals surface area contributed by atoms with Crippen LogP contribution in [0.1, 0.15) is 51.4 Å². The van der Waals surface area contributed by atoms with Crippen molar-refractivity contribution in [1.82, 2.24) is 0 Å². The van der Waals surface area contributed by atoms with E-state index in [1.807, 2.05) is 0 Å². The van der Waals surface area contributed by atoms with E-state index >= 15 is 0 Å². The van der Waals surface area contributed by atoms with Gasteiger partial charge in [-0.2, -0.15) is 8.78 Å². The smallest absolute Gasteiger partial charge is 0.367 e. The van der Waals surface area contributed by atoms with Gasteiger partial charge < -0.3 is 14.0 Å². The van der Waals surface area contributed by atoms with E-state index in [0.29, 0.717) is 24.2 Å². The lowest BCUT2D eigenvalue weighted by molar-refractivity contribution is -0.161. The Balaban J connectivity index is 1.19. The maximum Gasteiger partial charge on any atom is 0.367 e. The average Bonchev–Trinajstić information content (AvgIpc) is 3.34. The van der Waals surface area contributed by atoms with Crippen LogP contribution in [0.2, 0.25) is 0 Å². The predicted octanol–water partition coefficient (Wildman–Crippen LogP) is 2.27. The first-order valence-corrected chi connectivity index (χ1v) is 13.5. The van der Waals surface area contributed by atoms with Crippen molar-refractivity contribution >= 4 is 27.8 Å². The molecule has 0 N–H and O–H groups in total. The monoisotopic (exact) mass is 501 g/mol. The minimum absolute atomic E-state index is 0.166. The fraction of sp³-hybridized carbons (Fsp3) is 0.870. The summed E-state index contributed by atoms with van der Waals surface area (Å²) in [6.07, 6.45) is 6.46. The van der Waals surface area contributed by atoms with E-state index in [1.165, 1.54) is 19.3 Å². The number of fused-ring (bicyclic) bond motifs is 1. The van der Waals surface area contributed by atoms with Crippen molar-refractivity contribution < 1.29 is 45.6 Å². The van der Waals surface area contributed by atoms with Crippen molar-refractivity contribution in [1.29, 1.82) is 0 Å². The molecule has 34 heavy (non-hydrogen) atoms. The second kappa shape index (κ2) is 7.21. The molecule has 0 aromatic heterocycles. The molecule has 6 unspecified atom stereocenters. The molecule has 7 aliphatic rings. The predicted molar refractivity (Wildman–Crippen MR) is 108 cm³/mol. The lowest BCUT2D eigenvalue weighted by atomic mass is 9.48. The van der Waals surface area contributed by atoms with Crippen molar-refractivity contribution in [2.24, 2.45) is 52.8 Å². The van der Waals surface area contributed by atoms with Crippen LogP contribution in [0.5, 0.6) is 0 Å². The molecule has 7 rings (SSSR count). The molecule has 0 aromatic rings. The molecule has 0 amide bonds. The summed E-state index contributed by atoms with van der Waals surface area (Å²) in [7, 11) is -6.00. The largest absolute Gasteiger partial charge is 0.743 e. The molecule has 11 heteroatoms. The SMILES string of the molecule is O=C(OCC(F)(F)S(=O)(=O)[O-])C1C2CC3C(OC(=O)C31)C2CC(=O)C12CC3CC(CC(C3)C1)C2. The van der Waals surface area contributed by atoms with Crippen LogP contribution in [0.15, 0.2) is 0 Å². The summed E-state index contributed by atoms with van der Waals surface area (Å²) in [5.74, 6) is -2.82. The zero-order valence-corrected chi connectivity index (χ0v) is 19.3. The van der Waals surface area contributed by atoms with Crippen LogP contribution in [-0.2, 0) is 34.0 Å². The minimum Gasteiger partial charge on any atom is -0.743 e. The molecule has 0 spiro atoms. The number of carbonyl (C=O) groups is 3. The van der Waals surface area contributed by atoms with E-state index in [0.717, 1.165) is 19.3 Å². The van der Waals surface area contributed by atoms with Gasteiger partial charge in [0.2, 0.25) is 0 Å². The Morgan fingerprint density at radius 1 is 1.06 bits per heavy atom. The van der Waals surface area contributed by atoms with Crippen molar-refractivity contribution in [2.45, 2.75) is 62.7 Å². The molecule has 8 nitrogen and oxygen atoms in total. The van der Waals surface area contributed by atoms with Crippen molar-refractivity contribution in [3.63, 3.8) is 0 Å². The highest BCUT2D eigenvalue weighted by Gasteiger charge is 2.69. The highest BCUT2D eigenvalue weighted by Crippen LogP contribution is 2.64. The molecule has 188 valence electrons. The molecular weight excluding hydrogens is 474 g/mol. The van der Waals surface area contributed by atoms with E-state index in [9.17, 15) is 36.1 Å². The number of rotatable bonds is 7. The zero-order chi connectivity index (χ0) is 24.2. The van der Waals surface area contributed by atoms with Crippen molar-refractivity contribution in [2.75, 3.05) is 6.61 Å². The van der Waals surface area contributed by atoms with Crippen molar-refractivity contribution in [3.05, 3.63) is 0 Å². The Bertz CT molecular complexity index is 1020. The van der Waals surface area contributed by atoms with Gasteiger partial charge in [0.25, 0.3) is 0 Å². The Hall–Kier alpha value is -1.62. The standard InChI is InChI=1S/C23H28F2O8S/c24-23(25,34(29,30)31)9-32-20(27)17-13-4-15-18(17)21(28)33-19(15)14(13)5-16(26)22-6-10-1-11(7-22)3-12(2-10)8-22/h10-15,17-19H,1-9H2,(H,29,30,31)/p-1. The van der Waals surface area contributed by atoms with Crippen LogP contribution >= 0.6 is 0 Å². The molecule has 6 atom stereocenters. The molecule has 6 saturated carbocycles. The second-order valence-corrected chi connectivity index (χ2v) is 13.2. The van der Waals surface area contributed by atoms with Gasteiger partial charge in [-0.15, -0.1) is 0 Å². The molecule has 7 fully saturated rings. The number of carbonyl (C=O) groups excluding carboxylic acids is 3. The lowest BCUT2D eigenvalue weighted by Crippen LogP contribution is -2.51. The number of ketones is 1. The third-order valence-electron chi connectivity index (χ3n) is 9.84. The number of esters is 2. The Kier molecular flexibility index (Phi) is 4.84. The number of Topliss-reactive ketones (excluding diaryl/α,β-unsaturated/α-hetero) is 1. The highest BCUT2D eigenvalue weighted by molar-refractivity contribution is 7.86. The van der Waals surface area contributed by atoms with Crippen molar-refractivity contribution in [3.8, 4) is 0 Å². The Morgan fingerprint density at radius 3 is 2.21 bits per heavy atom. The summed E-state index contributed by atoms with van der Waals surface area (Å²) in [6.45, 7) is -1.90. The first-order valence-electron chi connectivity index (χ1n) is 12.1. The van der Waals surface area contributed by atoms with E-state index in [-0.39, 0.29) is 29.5 Å². The fourth-order valence-electron chi connectivity index (χ4n) is 8.98. The summed E-state index contributed by atoms with van der Waals surface area (Å²) in [5.41, 5.74) is -0.334. The summed E-state index contributed by atoms with van der Waals surface area (Å²) < 4.78 is 69.3. The van der Waals surface area contributed by atoms with E-state index in [4.69, 9.17) is 4.74 Å². The number of hydrogen-bond donors (Lipinski definition) is 0. The van der Waals surface area contributed by atoms with Gasteiger partial charge >= 0.3 is 17.2 Å². The summed E-state index contributed by atoms with van der Waals surface area (Å²) in [5, 5.41) is -4.76. The maximum atomic E-state index is 13.7. The highest BCUT2D eigenvalue weighted by atomic mass is 32.2. The molecule has 1 aliphatic heterocycles. The third kappa shape index (κ3) is 3.21. The van der Waals surface area contributed by atoms with E-state index < -0.39 is 57.8 Å². The van der Waals surface area contributed by atoms with Crippen LogP contribution in [0.25, 0.3) is 0 Å². The zero-order valence-electron chi connectivity index (χ0n) is 18.5. The number of halogens is 2. The molecular formula is C23H27F2O8S-. The summed E-state index contributed by atoms with van der Waals surface area (Å²) in [4.78, 5) is 38.9. The molecule has 6 aliphatic carbocycles. The number of hydrogen-bond acceptors (Lipinski definition) is 8. The maximum absolute atomic E-state index is 13.7. The van der Waals surface area contributed by atoms with Crippen LogP contribution < -0.4 is 0 Å². The summed E-state index contributed by atoms with van der Waals surface area (Å²) in [6, 6.07) is 0. The Labute approximate surface area is 195 Å². The van der Waals surface area contributed by atoms with Gasteiger partial charge in [0.05, 0.1) is 11.8 Å². The first kappa shape index (κ1) is 22.8. The molecule has 0 radical (unpaired) electrons. The van der Waals surface area contributed by atoms with Gasteiger partial charge in [-0.25, -0.2) is 8.42 Å². The summed E-state index contributed by atoms with van der Waals surface area (Å²) >= 11 is 0. The number of alkyl halides is 2. The normalized spacial score (nSPS) is 46.1. The Morgan fingerprint density at radius 2 is 1.65 bits per heavy atom. The van der Waals surface area contributed by atoms with Gasteiger partial charge in [-0.3, -0.25) is 14.4 Å². The first-order chi connectivity index (χ1) is 15.9. The van der Waals surface area contributed by atoms with Crippen LogP contribution in [0, 0.1) is 52.8 Å².